The Kier molecular flexibility index (Phi) is 8.23. The summed E-state index contributed by atoms with van der Waals surface area (Å²) in [4.78, 5) is 14.7. The van der Waals surface area contributed by atoms with Crippen LogP contribution in [0.4, 0.5) is 11.4 Å². The predicted octanol–water partition coefficient (Wildman–Crippen LogP) is 3.03. The zero-order valence-corrected chi connectivity index (χ0v) is 18.2. The second-order valence-corrected chi connectivity index (χ2v) is 9.68. The highest BCUT2D eigenvalue weighted by Gasteiger charge is 2.18. The van der Waals surface area contributed by atoms with E-state index in [4.69, 9.17) is 9.88 Å². The summed E-state index contributed by atoms with van der Waals surface area (Å²) in [6.45, 7) is 4.19. The molecule has 0 amide bonds. The second-order valence-electron chi connectivity index (χ2n) is 7.02. The van der Waals surface area contributed by atoms with Crippen molar-refractivity contribution in [3.05, 3.63) is 53.4 Å². The number of nitrogens with one attached hydrogen (secondary N) is 1. The molecule has 3 rings (SSSR count). The Morgan fingerprint density at radius 2 is 1.90 bits per heavy atom. The molecule has 1 saturated heterocycles. The summed E-state index contributed by atoms with van der Waals surface area (Å²) in [6.07, 6.45) is 0.856. The van der Waals surface area contributed by atoms with Gasteiger partial charge in [-0.2, -0.15) is 0 Å². The van der Waals surface area contributed by atoms with Crippen LogP contribution in [0.3, 0.4) is 0 Å². The van der Waals surface area contributed by atoms with Gasteiger partial charge in [-0.1, -0.05) is 18.2 Å². The van der Waals surface area contributed by atoms with Gasteiger partial charge in [0, 0.05) is 36.3 Å². The first-order chi connectivity index (χ1) is 14.5. The summed E-state index contributed by atoms with van der Waals surface area (Å²) >= 11 is 1.72. The minimum absolute atomic E-state index is 0.0302. The van der Waals surface area contributed by atoms with E-state index in [0.717, 1.165) is 49.9 Å². The van der Waals surface area contributed by atoms with E-state index in [0.29, 0.717) is 5.69 Å². The average Bonchev–Trinajstić information content (AvgIpc) is 2.76. The van der Waals surface area contributed by atoms with Gasteiger partial charge in [-0.3, -0.25) is 4.90 Å². The second kappa shape index (κ2) is 10.9. The molecule has 0 aliphatic carbocycles. The number of hydrogen-bond donors (Lipinski definition) is 2. The van der Waals surface area contributed by atoms with E-state index in [9.17, 15) is 13.3 Å². The van der Waals surface area contributed by atoms with Crippen LogP contribution in [0.2, 0.25) is 0 Å². The lowest BCUT2D eigenvalue weighted by Gasteiger charge is -2.29. The minimum atomic E-state index is -3.90. The number of anilines is 1. The monoisotopic (exact) mass is 450 g/mol. The van der Waals surface area contributed by atoms with Gasteiger partial charge >= 0.3 is 0 Å². The van der Waals surface area contributed by atoms with E-state index in [1.54, 1.807) is 17.8 Å². The zero-order chi connectivity index (χ0) is 21.4. The number of hydrogen-bond acceptors (Lipinski definition) is 8. The molecule has 1 aliphatic rings. The molecule has 1 atom stereocenters. The summed E-state index contributed by atoms with van der Waals surface area (Å²) in [7, 11) is -3.90. The molecule has 0 saturated carbocycles. The van der Waals surface area contributed by atoms with Gasteiger partial charge in [0.25, 0.3) is 0 Å². The number of rotatable bonds is 10. The number of benzene rings is 2. The fraction of sp³-hybridized carbons (Fsp3) is 0.400. The van der Waals surface area contributed by atoms with Crippen LogP contribution >= 0.6 is 11.8 Å². The van der Waals surface area contributed by atoms with Crippen molar-refractivity contribution in [1.29, 1.82) is 0 Å². The quantitative estimate of drug-likeness (QED) is 0.422. The molecule has 0 bridgehead atoms. The van der Waals surface area contributed by atoms with Gasteiger partial charge in [0.2, 0.25) is 10.0 Å². The molecule has 0 spiro atoms. The average molecular weight is 451 g/mol. The maximum atomic E-state index is 11.6. The Hall–Kier alpha value is -1.98. The maximum Gasteiger partial charge on any atom is 0.238 e. The Labute approximate surface area is 181 Å². The largest absolute Gasteiger partial charge is 0.380 e. The SMILES string of the molecule is NS(=O)(=O)c1ccc(N[C@H](CCN2CCOCC2)CSc2ccccc2)c(N=O)c1. The zero-order valence-electron chi connectivity index (χ0n) is 16.6. The van der Waals surface area contributed by atoms with Gasteiger partial charge in [0.05, 0.1) is 23.8 Å². The van der Waals surface area contributed by atoms with Crippen molar-refractivity contribution >= 4 is 33.2 Å². The summed E-state index contributed by atoms with van der Waals surface area (Å²) < 4.78 is 28.5. The molecule has 0 radical (unpaired) electrons. The van der Waals surface area contributed by atoms with E-state index in [1.807, 2.05) is 18.2 Å². The van der Waals surface area contributed by atoms with Crippen molar-refractivity contribution in [1.82, 2.24) is 4.90 Å². The third kappa shape index (κ3) is 6.78. The third-order valence-corrected chi connectivity index (χ3v) is 6.93. The number of ether oxygens (including phenoxy) is 1. The molecular formula is C20H26N4O4S2. The standard InChI is InChI=1S/C20H26N4O4S2/c21-30(26,27)18-6-7-19(20(14-18)23-25)22-16(8-9-24-10-12-28-13-11-24)15-29-17-4-2-1-3-5-17/h1-7,14,16,22H,8-13,15H2,(H2,21,26,27)/t16-/m1/s1. The van der Waals surface area contributed by atoms with E-state index in [-0.39, 0.29) is 16.6 Å². The highest BCUT2D eigenvalue weighted by Crippen LogP contribution is 2.30. The molecule has 10 heteroatoms. The van der Waals surface area contributed by atoms with Crippen LogP contribution in [0.25, 0.3) is 0 Å². The fourth-order valence-corrected chi connectivity index (χ4v) is 4.71. The highest BCUT2D eigenvalue weighted by molar-refractivity contribution is 7.99. The van der Waals surface area contributed by atoms with Gasteiger partial charge in [-0.25, -0.2) is 13.6 Å². The van der Waals surface area contributed by atoms with E-state index < -0.39 is 10.0 Å². The molecule has 2 aromatic rings. The molecular weight excluding hydrogens is 424 g/mol. The maximum absolute atomic E-state index is 11.6. The number of primary sulfonamides is 1. The topological polar surface area (TPSA) is 114 Å². The summed E-state index contributed by atoms with van der Waals surface area (Å²) in [5.41, 5.74) is 0.528. The Bertz CT molecular complexity index is 935. The van der Waals surface area contributed by atoms with Gasteiger partial charge in [-0.05, 0) is 41.9 Å². The van der Waals surface area contributed by atoms with Gasteiger partial charge in [-0.15, -0.1) is 16.7 Å². The van der Waals surface area contributed by atoms with Crippen LogP contribution in [0.1, 0.15) is 6.42 Å². The van der Waals surface area contributed by atoms with Crippen LogP contribution < -0.4 is 10.5 Å². The van der Waals surface area contributed by atoms with Crippen LogP contribution in [0.15, 0.2) is 63.5 Å². The first-order valence-electron chi connectivity index (χ1n) is 9.70. The fourth-order valence-electron chi connectivity index (χ4n) is 3.18. The molecule has 30 heavy (non-hydrogen) atoms. The molecule has 0 unspecified atom stereocenters. The van der Waals surface area contributed by atoms with Gasteiger partial charge in [0.1, 0.15) is 5.69 Å². The summed E-state index contributed by atoms with van der Waals surface area (Å²) in [5.74, 6) is 0.781. The molecule has 1 aliphatic heterocycles. The summed E-state index contributed by atoms with van der Waals surface area (Å²) in [5, 5.41) is 11.5. The number of nitrogens with two attached hydrogens (primary N) is 1. The first-order valence-corrected chi connectivity index (χ1v) is 12.2. The van der Waals surface area contributed by atoms with Crippen LogP contribution in [-0.4, -0.2) is 58.0 Å². The van der Waals surface area contributed by atoms with Gasteiger partial charge in [0.15, 0.2) is 0 Å². The van der Waals surface area contributed by atoms with Crippen LogP contribution in [-0.2, 0) is 14.8 Å². The summed E-state index contributed by atoms with van der Waals surface area (Å²) in [6, 6.07) is 14.3. The van der Waals surface area contributed by atoms with E-state index in [2.05, 4.69) is 27.5 Å². The molecule has 162 valence electrons. The number of nitrogens with zero attached hydrogens (tertiary/aromatic N) is 2. The molecule has 1 fully saturated rings. The molecule has 1 heterocycles. The minimum Gasteiger partial charge on any atom is -0.380 e. The van der Waals surface area contributed by atoms with E-state index in [1.165, 1.54) is 12.1 Å². The lowest BCUT2D eigenvalue weighted by Crippen LogP contribution is -2.39. The van der Waals surface area contributed by atoms with Crippen molar-refractivity contribution in [2.75, 3.05) is 43.9 Å². The number of nitroso groups, excluding NO2 is 1. The Balaban J connectivity index is 1.72. The smallest absolute Gasteiger partial charge is 0.238 e. The lowest BCUT2D eigenvalue weighted by molar-refractivity contribution is 0.0370. The lowest BCUT2D eigenvalue weighted by atomic mass is 10.2. The van der Waals surface area contributed by atoms with Crippen molar-refractivity contribution < 1.29 is 13.2 Å². The molecule has 8 nitrogen and oxygen atoms in total. The number of thioether (sulfide) groups is 1. The van der Waals surface area contributed by atoms with Crippen LogP contribution in [0.5, 0.6) is 0 Å². The first kappa shape index (κ1) is 22.7. The van der Waals surface area contributed by atoms with E-state index >= 15 is 0 Å². The molecule has 3 N–H and O–H groups in total. The van der Waals surface area contributed by atoms with Crippen molar-refractivity contribution in [2.24, 2.45) is 10.3 Å². The van der Waals surface area contributed by atoms with Crippen molar-refractivity contribution in [3.63, 3.8) is 0 Å². The normalized spacial score (nSPS) is 16.2. The van der Waals surface area contributed by atoms with Crippen LogP contribution in [0, 0.1) is 4.91 Å². The molecule has 2 aromatic carbocycles. The number of sulfonamides is 1. The third-order valence-electron chi connectivity index (χ3n) is 4.85. The number of morpholine rings is 1. The van der Waals surface area contributed by atoms with Crippen molar-refractivity contribution in [2.45, 2.75) is 22.3 Å². The van der Waals surface area contributed by atoms with Crippen molar-refractivity contribution in [3.8, 4) is 0 Å². The van der Waals surface area contributed by atoms with Gasteiger partial charge < -0.3 is 10.1 Å². The predicted molar refractivity (Wildman–Crippen MR) is 120 cm³/mol. The Morgan fingerprint density at radius 1 is 1.17 bits per heavy atom. The highest BCUT2D eigenvalue weighted by atomic mass is 32.2. The molecule has 0 aromatic heterocycles. The Morgan fingerprint density at radius 3 is 2.57 bits per heavy atom.